The second kappa shape index (κ2) is 4.56. The van der Waals surface area contributed by atoms with E-state index in [1.54, 1.807) is 0 Å². The number of carbonyl (C=O) groups is 2. The van der Waals surface area contributed by atoms with Crippen molar-refractivity contribution >= 4 is 11.9 Å². The van der Waals surface area contributed by atoms with E-state index < -0.39 is 5.97 Å². The summed E-state index contributed by atoms with van der Waals surface area (Å²) in [5.41, 5.74) is 0. The normalized spacial score (nSPS) is 28.5. The number of likely N-dealkylation sites (tertiary alicyclic amines) is 1. The van der Waals surface area contributed by atoms with Gasteiger partial charge in [-0.1, -0.05) is 0 Å². The quantitative estimate of drug-likeness (QED) is 0.828. The summed E-state index contributed by atoms with van der Waals surface area (Å²) in [7, 11) is 0. The van der Waals surface area contributed by atoms with Crippen molar-refractivity contribution in [3.05, 3.63) is 0 Å². The molecule has 0 aromatic carbocycles. The summed E-state index contributed by atoms with van der Waals surface area (Å²) in [6.07, 6.45) is 6.35. The standard InChI is InChI=1S/C14H21NO3/c16-13(12(9-3-4-9)10-5-6-10)15-7-1-2-11(8-15)14(17)18/h9-12H,1-8H2,(H,17,18). The molecule has 18 heavy (non-hydrogen) atoms. The van der Waals surface area contributed by atoms with Gasteiger partial charge in [-0.3, -0.25) is 9.59 Å². The van der Waals surface area contributed by atoms with Gasteiger partial charge in [-0.2, -0.15) is 0 Å². The lowest BCUT2D eigenvalue weighted by atomic mass is 9.92. The van der Waals surface area contributed by atoms with Crippen LogP contribution in [0.5, 0.6) is 0 Å². The van der Waals surface area contributed by atoms with E-state index in [-0.39, 0.29) is 17.7 Å². The zero-order chi connectivity index (χ0) is 12.7. The minimum Gasteiger partial charge on any atom is -0.481 e. The number of hydrogen-bond acceptors (Lipinski definition) is 2. The van der Waals surface area contributed by atoms with Crippen LogP contribution in [0.1, 0.15) is 38.5 Å². The van der Waals surface area contributed by atoms with E-state index in [2.05, 4.69) is 0 Å². The van der Waals surface area contributed by atoms with Crippen molar-refractivity contribution in [2.75, 3.05) is 13.1 Å². The number of hydrogen-bond donors (Lipinski definition) is 1. The number of aliphatic carboxylic acids is 1. The molecule has 3 rings (SSSR count). The van der Waals surface area contributed by atoms with E-state index in [0.29, 0.717) is 18.4 Å². The van der Waals surface area contributed by atoms with Crippen LogP contribution in [0.25, 0.3) is 0 Å². The fraction of sp³-hybridized carbons (Fsp3) is 0.857. The molecule has 3 fully saturated rings. The first kappa shape index (κ1) is 12.0. The van der Waals surface area contributed by atoms with Gasteiger partial charge in [-0.05, 0) is 50.4 Å². The highest BCUT2D eigenvalue weighted by molar-refractivity contribution is 5.81. The number of nitrogens with zero attached hydrogens (tertiary/aromatic N) is 1. The summed E-state index contributed by atoms with van der Waals surface area (Å²) in [6, 6.07) is 0. The number of carboxylic acids is 1. The number of rotatable bonds is 4. The van der Waals surface area contributed by atoms with Crippen molar-refractivity contribution in [3.8, 4) is 0 Å². The Balaban J connectivity index is 1.65. The van der Waals surface area contributed by atoms with E-state index >= 15 is 0 Å². The Labute approximate surface area is 107 Å². The molecule has 0 spiro atoms. The molecule has 1 heterocycles. The summed E-state index contributed by atoms with van der Waals surface area (Å²) in [6.45, 7) is 1.20. The van der Waals surface area contributed by atoms with Crippen LogP contribution in [0, 0.1) is 23.7 Å². The first-order chi connectivity index (χ1) is 8.66. The molecular formula is C14H21NO3. The molecule has 4 heteroatoms. The Morgan fingerprint density at radius 2 is 1.67 bits per heavy atom. The summed E-state index contributed by atoms with van der Waals surface area (Å²) >= 11 is 0. The van der Waals surface area contributed by atoms with Gasteiger partial charge >= 0.3 is 5.97 Å². The minimum atomic E-state index is -0.748. The maximum atomic E-state index is 12.6. The molecular weight excluding hydrogens is 230 g/mol. The van der Waals surface area contributed by atoms with Gasteiger partial charge in [0.25, 0.3) is 0 Å². The van der Waals surface area contributed by atoms with Crippen molar-refractivity contribution < 1.29 is 14.7 Å². The maximum Gasteiger partial charge on any atom is 0.308 e. The van der Waals surface area contributed by atoms with Crippen molar-refractivity contribution in [1.29, 1.82) is 0 Å². The number of carboxylic acid groups (broad SMARTS) is 1. The van der Waals surface area contributed by atoms with Crippen LogP contribution in [0.3, 0.4) is 0 Å². The zero-order valence-electron chi connectivity index (χ0n) is 10.7. The van der Waals surface area contributed by atoms with Crippen LogP contribution in [0.2, 0.25) is 0 Å². The first-order valence-electron chi connectivity index (χ1n) is 7.18. The van der Waals surface area contributed by atoms with Crippen molar-refractivity contribution in [2.24, 2.45) is 23.7 Å². The lowest BCUT2D eigenvalue weighted by Crippen LogP contribution is -2.45. The molecule has 1 atom stereocenters. The van der Waals surface area contributed by atoms with Crippen LogP contribution >= 0.6 is 0 Å². The monoisotopic (exact) mass is 251 g/mol. The SMILES string of the molecule is O=C(O)C1CCCN(C(=O)C(C2CC2)C2CC2)C1. The van der Waals surface area contributed by atoms with Crippen LogP contribution in [0.15, 0.2) is 0 Å². The maximum absolute atomic E-state index is 12.6. The van der Waals surface area contributed by atoms with Crippen LogP contribution in [0.4, 0.5) is 0 Å². The molecule has 0 radical (unpaired) electrons. The average molecular weight is 251 g/mol. The van der Waals surface area contributed by atoms with E-state index in [0.717, 1.165) is 19.4 Å². The molecule has 0 aromatic rings. The van der Waals surface area contributed by atoms with Gasteiger partial charge in [0, 0.05) is 19.0 Å². The van der Waals surface area contributed by atoms with Gasteiger partial charge in [0.1, 0.15) is 0 Å². The number of amides is 1. The Morgan fingerprint density at radius 1 is 1.06 bits per heavy atom. The number of carbonyl (C=O) groups excluding carboxylic acids is 1. The third-order valence-corrected chi connectivity index (χ3v) is 4.63. The zero-order valence-corrected chi connectivity index (χ0v) is 10.7. The molecule has 3 aliphatic rings. The fourth-order valence-electron chi connectivity index (χ4n) is 3.29. The molecule has 1 unspecified atom stereocenters. The molecule has 1 N–H and O–H groups in total. The third kappa shape index (κ3) is 2.38. The highest BCUT2D eigenvalue weighted by atomic mass is 16.4. The van der Waals surface area contributed by atoms with Gasteiger partial charge < -0.3 is 10.0 Å². The largest absolute Gasteiger partial charge is 0.481 e. The second-order valence-corrected chi connectivity index (χ2v) is 6.16. The molecule has 4 nitrogen and oxygen atoms in total. The second-order valence-electron chi connectivity index (χ2n) is 6.16. The number of piperidine rings is 1. The van der Waals surface area contributed by atoms with E-state index in [4.69, 9.17) is 5.11 Å². The molecule has 2 saturated carbocycles. The Kier molecular flexibility index (Phi) is 3.04. The molecule has 1 amide bonds. The van der Waals surface area contributed by atoms with E-state index in [1.807, 2.05) is 4.90 Å². The predicted octanol–water partition coefficient (Wildman–Crippen LogP) is 1.75. The molecule has 100 valence electrons. The van der Waals surface area contributed by atoms with Crippen LogP contribution in [-0.4, -0.2) is 35.0 Å². The minimum absolute atomic E-state index is 0.220. The molecule has 0 aromatic heterocycles. The van der Waals surface area contributed by atoms with Crippen LogP contribution in [-0.2, 0) is 9.59 Å². The van der Waals surface area contributed by atoms with Crippen LogP contribution < -0.4 is 0 Å². The van der Waals surface area contributed by atoms with Crippen molar-refractivity contribution in [2.45, 2.75) is 38.5 Å². The predicted molar refractivity (Wildman–Crippen MR) is 65.9 cm³/mol. The lowest BCUT2D eigenvalue weighted by molar-refractivity contribution is -0.147. The summed E-state index contributed by atoms with van der Waals surface area (Å²) in [4.78, 5) is 25.4. The highest BCUT2D eigenvalue weighted by Gasteiger charge is 2.47. The summed E-state index contributed by atoms with van der Waals surface area (Å²) in [5.74, 6) is 0.595. The summed E-state index contributed by atoms with van der Waals surface area (Å²) in [5, 5.41) is 9.08. The van der Waals surface area contributed by atoms with Crippen molar-refractivity contribution in [1.82, 2.24) is 4.90 Å². The van der Waals surface area contributed by atoms with Gasteiger partial charge in [0.2, 0.25) is 5.91 Å². The molecule has 2 aliphatic carbocycles. The average Bonchev–Trinajstić information content (AvgIpc) is 3.23. The smallest absolute Gasteiger partial charge is 0.308 e. The lowest BCUT2D eigenvalue weighted by Gasteiger charge is -2.33. The Bertz CT molecular complexity index is 348. The first-order valence-corrected chi connectivity index (χ1v) is 7.18. The van der Waals surface area contributed by atoms with Gasteiger partial charge in [-0.15, -0.1) is 0 Å². The fourth-order valence-corrected chi connectivity index (χ4v) is 3.29. The highest BCUT2D eigenvalue weighted by Crippen LogP contribution is 2.50. The van der Waals surface area contributed by atoms with E-state index in [1.165, 1.54) is 25.7 Å². The van der Waals surface area contributed by atoms with Crippen molar-refractivity contribution in [3.63, 3.8) is 0 Å². The molecule has 1 saturated heterocycles. The molecule has 0 bridgehead atoms. The summed E-state index contributed by atoms with van der Waals surface area (Å²) < 4.78 is 0. The topological polar surface area (TPSA) is 57.6 Å². The third-order valence-electron chi connectivity index (χ3n) is 4.63. The Morgan fingerprint density at radius 3 is 2.17 bits per heavy atom. The van der Waals surface area contributed by atoms with Gasteiger partial charge in [-0.25, -0.2) is 0 Å². The molecule has 1 aliphatic heterocycles. The Hall–Kier alpha value is -1.06. The van der Waals surface area contributed by atoms with E-state index in [9.17, 15) is 9.59 Å². The van der Waals surface area contributed by atoms with Gasteiger partial charge in [0.15, 0.2) is 0 Å². The van der Waals surface area contributed by atoms with Gasteiger partial charge in [0.05, 0.1) is 5.92 Å².